The number of thiazole rings is 1. The lowest BCUT2D eigenvalue weighted by Gasteiger charge is -2.12. The summed E-state index contributed by atoms with van der Waals surface area (Å²) in [5.74, 6) is 0. The quantitative estimate of drug-likeness (QED) is 0.852. The van der Waals surface area contributed by atoms with E-state index in [0.29, 0.717) is 0 Å². The Labute approximate surface area is 90.9 Å². The Kier molecular flexibility index (Phi) is 2.43. The Morgan fingerprint density at radius 3 is 2.71 bits per heavy atom. The van der Waals surface area contributed by atoms with Crippen LogP contribution < -0.4 is 0 Å². The molecule has 14 heavy (non-hydrogen) atoms. The number of hydrogen-bond acceptors (Lipinski definition) is 4. The number of thiophene rings is 1. The molecule has 0 fully saturated rings. The van der Waals surface area contributed by atoms with Gasteiger partial charge in [-0.05, 0) is 25.3 Å². The Bertz CT molecular complexity index is 412. The van der Waals surface area contributed by atoms with E-state index in [0.717, 1.165) is 14.8 Å². The van der Waals surface area contributed by atoms with Crippen molar-refractivity contribution in [3.63, 3.8) is 0 Å². The molecule has 4 heteroatoms. The van der Waals surface area contributed by atoms with Gasteiger partial charge in [0.1, 0.15) is 5.01 Å². The van der Waals surface area contributed by atoms with E-state index < -0.39 is 5.60 Å². The summed E-state index contributed by atoms with van der Waals surface area (Å²) in [6, 6.07) is 4.04. The molecule has 2 nitrogen and oxygen atoms in total. The van der Waals surface area contributed by atoms with Gasteiger partial charge in [-0.1, -0.05) is 6.07 Å². The van der Waals surface area contributed by atoms with Gasteiger partial charge in [-0.3, -0.25) is 0 Å². The van der Waals surface area contributed by atoms with Crippen molar-refractivity contribution in [2.45, 2.75) is 19.4 Å². The Balaban J connectivity index is 2.36. The topological polar surface area (TPSA) is 33.1 Å². The number of aromatic nitrogens is 1. The summed E-state index contributed by atoms with van der Waals surface area (Å²) in [6.45, 7) is 3.55. The maximum absolute atomic E-state index is 9.77. The van der Waals surface area contributed by atoms with Crippen molar-refractivity contribution in [3.05, 3.63) is 28.6 Å². The molecule has 0 bridgehead atoms. The molecular formula is C10H11NOS2. The van der Waals surface area contributed by atoms with E-state index in [4.69, 9.17) is 0 Å². The first-order valence-corrected chi connectivity index (χ1v) is 5.99. The first kappa shape index (κ1) is 9.83. The van der Waals surface area contributed by atoms with Gasteiger partial charge in [-0.2, -0.15) is 0 Å². The number of nitrogens with zero attached hydrogens (tertiary/aromatic N) is 1. The second kappa shape index (κ2) is 3.46. The standard InChI is InChI=1S/C10H11NOS2/c1-10(2,12)8-6-11-9(14-8)7-4-3-5-13-7/h3-6,12H,1-2H3. The number of aliphatic hydroxyl groups is 1. The lowest BCUT2D eigenvalue weighted by molar-refractivity contribution is 0.0823. The van der Waals surface area contributed by atoms with Gasteiger partial charge >= 0.3 is 0 Å². The van der Waals surface area contributed by atoms with E-state index >= 15 is 0 Å². The molecule has 0 aliphatic heterocycles. The minimum absolute atomic E-state index is 0.785. The maximum Gasteiger partial charge on any atom is 0.133 e. The summed E-state index contributed by atoms with van der Waals surface area (Å²) in [6.07, 6.45) is 1.75. The van der Waals surface area contributed by atoms with Gasteiger partial charge in [0.2, 0.25) is 0 Å². The van der Waals surface area contributed by atoms with Crippen molar-refractivity contribution in [1.82, 2.24) is 4.98 Å². The fraction of sp³-hybridized carbons (Fsp3) is 0.300. The fourth-order valence-electron chi connectivity index (χ4n) is 1.07. The summed E-state index contributed by atoms with van der Waals surface area (Å²) in [7, 11) is 0. The van der Waals surface area contributed by atoms with Gasteiger partial charge in [-0.25, -0.2) is 4.98 Å². The first-order valence-electron chi connectivity index (χ1n) is 4.30. The van der Waals surface area contributed by atoms with Crippen LogP contribution in [0.4, 0.5) is 0 Å². The van der Waals surface area contributed by atoms with E-state index in [1.165, 1.54) is 0 Å². The van der Waals surface area contributed by atoms with Crippen molar-refractivity contribution in [1.29, 1.82) is 0 Å². The van der Waals surface area contributed by atoms with Crippen LogP contribution in [0.5, 0.6) is 0 Å². The molecule has 0 atom stereocenters. The lowest BCUT2D eigenvalue weighted by Crippen LogP contribution is -2.12. The van der Waals surface area contributed by atoms with Crippen LogP contribution >= 0.6 is 22.7 Å². The Morgan fingerprint density at radius 1 is 1.43 bits per heavy atom. The van der Waals surface area contributed by atoms with Crippen LogP contribution in [0.3, 0.4) is 0 Å². The molecule has 1 N–H and O–H groups in total. The maximum atomic E-state index is 9.77. The van der Waals surface area contributed by atoms with Crippen molar-refractivity contribution >= 4 is 22.7 Å². The lowest BCUT2D eigenvalue weighted by atomic mass is 10.1. The SMILES string of the molecule is CC(C)(O)c1cnc(-c2cccs2)s1. The average Bonchev–Trinajstić information content (AvgIpc) is 2.73. The largest absolute Gasteiger partial charge is 0.385 e. The minimum atomic E-state index is -0.785. The van der Waals surface area contributed by atoms with E-state index in [9.17, 15) is 5.11 Å². The molecule has 0 saturated carbocycles. The molecule has 0 saturated heterocycles. The minimum Gasteiger partial charge on any atom is -0.385 e. The molecule has 0 amide bonds. The van der Waals surface area contributed by atoms with Crippen LogP contribution in [-0.4, -0.2) is 10.1 Å². The smallest absolute Gasteiger partial charge is 0.133 e. The second-order valence-electron chi connectivity index (χ2n) is 3.57. The van der Waals surface area contributed by atoms with Crippen LogP contribution in [0.15, 0.2) is 23.7 Å². The molecule has 2 aromatic heterocycles. The number of hydrogen-bond donors (Lipinski definition) is 1. The second-order valence-corrected chi connectivity index (χ2v) is 5.54. The highest BCUT2D eigenvalue weighted by Crippen LogP contribution is 2.33. The zero-order valence-corrected chi connectivity index (χ0v) is 9.65. The molecule has 2 rings (SSSR count). The molecule has 0 aliphatic rings. The Hall–Kier alpha value is -0.710. The molecular weight excluding hydrogens is 214 g/mol. The predicted octanol–water partition coefficient (Wildman–Crippen LogP) is 3.10. The summed E-state index contributed by atoms with van der Waals surface area (Å²) < 4.78 is 0. The van der Waals surface area contributed by atoms with Crippen molar-refractivity contribution in [2.75, 3.05) is 0 Å². The molecule has 0 unspecified atom stereocenters. The van der Waals surface area contributed by atoms with Gasteiger partial charge in [-0.15, -0.1) is 22.7 Å². The normalized spacial score (nSPS) is 11.9. The first-order chi connectivity index (χ1) is 6.57. The van der Waals surface area contributed by atoms with Gasteiger partial charge in [0, 0.05) is 6.20 Å². The third kappa shape index (κ3) is 1.87. The zero-order chi connectivity index (χ0) is 10.2. The van der Waals surface area contributed by atoms with E-state index in [1.807, 2.05) is 17.5 Å². The molecule has 74 valence electrons. The predicted molar refractivity (Wildman–Crippen MR) is 60.7 cm³/mol. The monoisotopic (exact) mass is 225 g/mol. The molecule has 0 aromatic carbocycles. The average molecular weight is 225 g/mol. The Morgan fingerprint density at radius 2 is 2.21 bits per heavy atom. The van der Waals surface area contributed by atoms with Crippen LogP contribution in [0, 0.1) is 0 Å². The van der Waals surface area contributed by atoms with Crippen LogP contribution in [0.1, 0.15) is 18.7 Å². The van der Waals surface area contributed by atoms with Gasteiger partial charge in [0.25, 0.3) is 0 Å². The summed E-state index contributed by atoms with van der Waals surface area (Å²) in [5.41, 5.74) is -0.785. The van der Waals surface area contributed by atoms with Crippen LogP contribution in [0.2, 0.25) is 0 Å². The number of rotatable bonds is 2. The van der Waals surface area contributed by atoms with Crippen molar-refractivity contribution < 1.29 is 5.11 Å². The summed E-state index contributed by atoms with van der Waals surface area (Å²) in [5, 5.41) is 12.8. The van der Waals surface area contributed by atoms with Gasteiger partial charge < -0.3 is 5.11 Å². The van der Waals surface area contributed by atoms with E-state index in [1.54, 1.807) is 42.7 Å². The van der Waals surface area contributed by atoms with Crippen LogP contribution in [0.25, 0.3) is 9.88 Å². The van der Waals surface area contributed by atoms with Crippen molar-refractivity contribution in [2.24, 2.45) is 0 Å². The fourth-order valence-corrected chi connectivity index (χ4v) is 2.79. The zero-order valence-electron chi connectivity index (χ0n) is 8.02. The highest BCUT2D eigenvalue weighted by Gasteiger charge is 2.19. The highest BCUT2D eigenvalue weighted by molar-refractivity contribution is 7.21. The summed E-state index contributed by atoms with van der Waals surface area (Å²) >= 11 is 3.21. The van der Waals surface area contributed by atoms with E-state index in [2.05, 4.69) is 4.98 Å². The molecule has 0 spiro atoms. The van der Waals surface area contributed by atoms with E-state index in [-0.39, 0.29) is 0 Å². The molecule has 0 radical (unpaired) electrons. The molecule has 2 heterocycles. The van der Waals surface area contributed by atoms with Crippen molar-refractivity contribution in [3.8, 4) is 9.88 Å². The third-order valence-electron chi connectivity index (χ3n) is 1.84. The van der Waals surface area contributed by atoms with Crippen LogP contribution in [-0.2, 0) is 5.60 Å². The third-order valence-corrected chi connectivity index (χ3v) is 4.19. The highest BCUT2D eigenvalue weighted by atomic mass is 32.1. The van der Waals surface area contributed by atoms with Gasteiger partial charge in [0.15, 0.2) is 0 Å². The molecule has 0 aliphatic carbocycles. The van der Waals surface area contributed by atoms with Gasteiger partial charge in [0.05, 0.1) is 15.4 Å². The summed E-state index contributed by atoms with van der Waals surface area (Å²) in [4.78, 5) is 6.36. The molecule has 2 aromatic rings.